The van der Waals surface area contributed by atoms with Crippen molar-refractivity contribution in [2.24, 2.45) is 0 Å². The summed E-state index contributed by atoms with van der Waals surface area (Å²) >= 11 is 0. The zero-order valence-electron chi connectivity index (χ0n) is 8.70. The Bertz CT molecular complexity index is 391. The Kier molecular flexibility index (Phi) is 3.09. The zero-order valence-corrected chi connectivity index (χ0v) is 8.70. The van der Waals surface area contributed by atoms with Crippen LogP contribution in [0.2, 0.25) is 0 Å². The van der Waals surface area contributed by atoms with Gasteiger partial charge in [-0.3, -0.25) is 10.1 Å². The average Bonchev–Trinajstić information content (AvgIpc) is 2.74. The third-order valence-corrected chi connectivity index (χ3v) is 2.18. The van der Waals surface area contributed by atoms with Crippen molar-refractivity contribution in [1.29, 1.82) is 0 Å². The molecule has 2 aromatic rings. The molecule has 78 valence electrons. The monoisotopic (exact) mass is 202 g/mol. The molecule has 0 aliphatic carbocycles. The van der Waals surface area contributed by atoms with Gasteiger partial charge in [0.15, 0.2) is 0 Å². The predicted octanol–water partition coefficient (Wildman–Crippen LogP) is 1.40. The molecule has 4 heteroatoms. The van der Waals surface area contributed by atoms with Gasteiger partial charge < -0.3 is 5.32 Å². The molecule has 0 amide bonds. The number of nitrogens with zero attached hydrogens (tertiary/aromatic N) is 2. The SMILES string of the molecule is Cc1ccc(CNCc2ccn[nH]2)cn1. The van der Waals surface area contributed by atoms with Crippen LogP contribution in [-0.4, -0.2) is 15.2 Å². The smallest absolute Gasteiger partial charge is 0.0490 e. The highest BCUT2D eigenvalue weighted by atomic mass is 15.1. The van der Waals surface area contributed by atoms with E-state index in [1.807, 2.05) is 25.3 Å². The fourth-order valence-electron chi connectivity index (χ4n) is 1.33. The minimum absolute atomic E-state index is 0.799. The first-order valence-electron chi connectivity index (χ1n) is 4.95. The van der Waals surface area contributed by atoms with Crippen LogP contribution in [-0.2, 0) is 13.1 Å². The molecule has 2 N–H and O–H groups in total. The van der Waals surface area contributed by atoms with E-state index in [1.165, 1.54) is 5.56 Å². The molecular formula is C11H14N4. The van der Waals surface area contributed by atoms with Crippen molar-refractivity contribution >= 4 is 0 Å². The lowest BCUT2D eigenvalue weighted by molar-refractivity contribution is 0.675. The molecule has 0 spiro atoms. The van der Waals surface area contributed by atoms with E-state index < -0.39 is 0 Å². The van der Waals surface area contributed by atoms with Gasteiger partial charge in [0.1, 0.15) is 0 Å². The van der Waals surface area contributed by atoms with Crippen LogP contribution in [0, 0.1) is 6.92 Å². The van der Waals surface area contributed by atoms with E-state index in [4.69, 9.17) is 0 Å². The first-order chi connectivity index (χ1) is 7.34. The van der Waals surface area contributed by atoms with Gasteiger partial charge in [0.25, 0.3) is 0 Å². The van der Waals surface area contributed by atoms with Crippen LogP contribution in [0.1, 0.15) is 17.0 Å². The Hall–Kier alpha value is -1.68. The van der Waals surface area contributed by atoms with Gasteiger partial charge >= 0.3 is 0 Å². The Balaban J connectivity index is 1.81. The van der Waals surface area contributed by atoms with Gasteiger partial charge in [0.05, 0.1) is 0 Å². The molecule has 2 aromatic heterocycles. The summed E-state index contributed by atoms with van der Waals surface area (Å²) in [4.78, 5) is 4.23. The minimum Gasteiger partial charge on any atom is -0.307 e. The minimum atomic E-state index is 0.799. The quantitative estimate of drug-likeness (QED) is 0.788. The molecule has 0 unspecified atom stereocenters. The summed E-state index contributed by atoms with van der Waals surface area (Å²) in [6, 6.07) is 6.07. The summed E-state index contributed by atoms with van der Waals surface area (Å²) in [6.07, 6.45) is 3.65. The molecule has 2 rings (SSSR count). The highest BCUT2D eigenvalue weighted by molar-refractivity contribution is 5.12. The summed E-state index contributed by atoms with van der Waals surface area (Å²) in [5, 5.41) is 10.1. The largest absolute Gasteiger partial charge is 0.307 e. The van der Waals surface area contributed by atoms with E-state index in [0.717, 1.165) is 24.5 Å². The van der Waals surface area contributed by atoms with E-state index in [2.05, 4.69) is 26.6 Å². The molecule has 0 radical (unpaired) electrons. The van der Waals surface area contributed by atoms with Gasteiger partial charge in [-0.15, -0.1) is 0 Å². The third-order valence-electron chi connectivity index (χ3n) is 2.18. The topological polar surface area (TPSA) is 53.6 Å². The van der Waals surface area contributed by atoms with Crippen molar-refractivity contribution < 1.29 is 0 Å². The number of aromatic amines is 1. The fourth-order valence-corrected chi connectivity index (χ4v) is 1.33. The lowest BCUT2D eigenvalue weighted by atomic mass is 10.2. The van der Waals surface area contributed by atoms with E-state index >= 15 is 0 Å². The van der Waals surface area contributed by atoms with Crippen LogP contribution in [0.4, 0.5) is 0 Å². The number of nitrogens with one attached hydrogen (secondary N) is 2. The van der Waals surface area contributed by atoms with Gasteiger partial charge in [-0.2, -0.15) is 5.10 Å². The average molecular weight is 202 g/mol. The summed E-state index contributed by atoms with van der Waals surface area (Å²) in [6.45, 7) is 3.61. The van der Waals surface area contributed by atoms with Gasteiger partial charge in [-0.25, -0.2) is 0 Å². The standard InChI is InChI=1S/C11H14N4/c1-9-2-3-10(7-13-9)6-12-8-11-4-5-14-15-11/h2-5,7,12H,6,8H2,1H3,(H,14,15). The summed E-state index contributed by atoms with van der Waals surface area (Å²) < 4.78 is 0. The van der Waals surface area contributed by atoms with Crippen LogP contribution in [0.15, 0.2) is 30.6 Å². The molecule has 0 aliphatic rings. The van der Waals surface area contributed by atoms with E-state index in [1.54, 1.807) is 6.20 Å². The van der Waals surface area contributed by atoms with Crippen LogP contribution in [0.25, 0.3) is 0 Å². The van der Waals surface area contributed by atoms with Crippen LogP contribution >= 0.6 is 0 Å². The van der Waals surface area contributed by atoms with Crippen molar-refractivity contribution in [2.45, 2.75) is 20.0 Å². The second-order valence-corrected chi connectivity index (χ2v) is 3.49. The van der Waals surface area contributed by atoms with E-state index in [-0.39, 0.29) is 0 Å². The maximum Gasteiger partial charge on any atom is 0.0490 e. The predicted molar refractivity (Wildman–Crippen MR) is 58.1 cm³/mol. The molecule has 0 atom stereocenters. The lowest BCUT2D eigenvalue weighted by Crippen LogP contribution is -2.13. The Morgan fingerprint density at radius 1 is 1.27 bits per heavy atom. The normalized spacial score (nSPS) is 10.5. The van der Waals surface area contributed by atoms with E-state index in [0.29, 0.717) is 0 Å². The van der Waals surface area contributed by atoms with Gasteiger partial charge in [0.2, 0.25) is 0 Å². The highest BCUT2D eigenvalue weighted by Crippen LogP contribution is 1.99. The second kappa shape index (κ2) is 4.70. The van der Waals surface area contributed by atoms with Crippen molar-refractivity contribution in [2.75, 3.05) is 0 Å². The molecule has 2 heterocycles. The van der Waals surface area contributed by atoms with Crippen molar-refractivity contribution in [3.05, 3.63) is 47.5 Å². The van der Waals surface area contributed by atoms with Crippen molar-refractivity contribution in [1.82, 2.24) is 20.5 Å². The summed E-state index contributed by atoms with van der Waals surface area (Å²) in [7, 11) is 0. The molecule has 0 saturated carbocycles. The second-order valence-electron chi connectivity index (χ2n) is 3.49. The van der Waals surface area contributed by atoms with Crippen molar-refractivity contribution in [3.63, 3.8) is 0 Å². The third kappa shape index (κ3) is 2.89. The Morgan fingerprint density at radius 2 is 2.20 bits per heavy atom. The summed E-state index contributed by atoms with van der Waals surface area (Å²) in [5.41, 5.74) is 3.34. The first-order valence-corrected chi connectivity index (χ1v) is 4.95. The van der Waals surface area contributed by atoms with Gasteiger partial charge in [-0.1, -0.05) is 6.07 Å². The molecule has 4 nitrogen and oxygen atoms in total. The Labute approximate surface area is 88.8 Å². The van der Waals surface area contributed by atoms with Crippen molar-refractivity contribution in [3.8, 4) is 0 Å². The lowest BCUT2D eigenvalue weighted by Gasteiger charge is -2.03. The molecule has 0 aliphatic heterocycles. The van der Waals surface area contributed by atoms with Crippen LogP contribution < -0.4 is 5.32 Å². The maximum absolute atomic E-state index is 4.23. The number of rotatable bonds is 4. The number of aryl methyl sites for hydroxylation is 1. The number of pyridine rings is 1. The highest BCUT2D eigenvalue weighted by Gasteiger charge is 1.95. The molecule has 0 aromatic carbocycles. The molecule has 0 saturated heterocycles. The number of hydrogen-bond acceptors (Lipinski definition) is 3. The zero-order chi connectivity index (χ0) is 10.5. The number of H-pyrrole nitrogens is 1. The molecule has 0 bridgehead atoms. The van der Waals surface area contributed by atoms with Gasteiger partial charge in [0, 0.05) is 36.9 Å². The Morgan fingerprint density at radius 3 is 2.87 bits per heavy atom. The fraction of sp³-hybridized carbons (Fsp3) is 0.273. The molecule has 0 fully saturated rings. The van der Waals surface area contributed by atoms with Gasteiger partial charge in [-0.05, 0) is 24.6 Å². The van der Waals surface area contributed by atoms with E-state index in [9.17, 15) is 0 Å². The van der Waals surface area contributed by atoms with Crippen LogP contribution in [0.3, 0.4) is 0 Å². The number of aromatic nitrogens is 3. The first kappa shape index (κ1) is 9.86. The summed E-state index contributed by atoms with van der Waals surface area (Å²) in [5.74, 6) is 0. The number of hydrogen-bond donors (Lipinski definition) is 2. The molecule has 15 heavy (non-hydrogen) atoms. The molecular weight excluding hydrogens is 188 g/mol. The van der Waals surface area contributed by atoms with Crippen LogP contribution in [0.5, 0.6) is 0 Å². The maximum atomic E-state index is 4.23.